The smallest absolute Gasteiger partial charge is 0.409 e. The third-order valence-corrected chi connectivity index (χ3v) is 16.9. The van der Waals surface area contributed by atoms with Crippen LogP contribution in [0.2, 0.25) is 0 Å². The van der Waals surface area contributed by atoms with Crippen LogP contribution in [0.1, 0.15) is 73.0 Å². The van der Waals surface area contributed by atoms with Crippen LogP contribution in [-0.4, -0.2) is 78.0 Å². The molecule has 1 aliphatic rings. The molecule has 1 unspecified atom stereocenters. The topological polar surface area (TPSA) is 173 Å². The normalized spacial score (nSPS) is 17.4. The van der Waals surface area contributed by atoms with E-state index in [0.29, 0.717) is 17.1 Å². The van der Waals surface area contributed by atoms with Gasteiger partial charge in [0, 0.05) is 23.8 Å². The molecule has 5 atom stereocenters. The molecule has 1 aromatic heterocycles. The van der Waals surface area contributed by atoms with Gasteiger partial charge in [0.05, 0.1) is 46.5 Å². The Balaban J connectivity index is 1.13. The van der Waals surface area contributed by atoms with Gasteiger partial charge in [-0.15, -0.1) is 0 Å². The number of hydrogen-bond donors (Lipinski definition) is 1. The minimum absolute atomic E-state index is 0.0111. The first-order valence-electron chi connectivity index (χ1n) is 26.3. The molecule has 1 aliphatic heterocycles. The van der Waals surface area contributed by atoms with Crippen LogP contribution in [0.3, 0.4) is 0 Å². The Morgan fingerprint density at radius 2 is 1.32 bits per heavy atom. The number of amides is 1. The van der Waals surface area contributed by atoms with Crippen LogP contribution in [0, 0.1) is 11.3 Å². The van der Waals surface area contributed by atoms with Crippen molar-refractivity contribution in [2.24, 2.45) is 0 Å². The number of hydrogen-bond acceptors (Lipinski definition) is 12. The predicted molar refractivity (Wildman–Crippen MR) is 305 cm³/mol. The Morgan fingerprint density at radius 1 is 0.734 bits per heavy atom. The van der Waals surface area contributed by atoms with Gasteiger partial charge < -0.3 is 29.0 Å². The molecule has 0 spiro atoms. The van der Waals surface area contributed by atoms with Crippen molar-refractivity contribution in [3.8, 4) is 17.6 Å². The summed E-state index contributed by atoms with van der Waals surface area (Å²) in [6.45, 7) is 7.10. The first-order chi connectivity index (χ1) is 38.3. The van der Waals surface area contributed by atoms with E-state index in [2.05, 4.69) is 58.8 Å². The maximum atomic E-state index is 16.0. The van der Waals surface area contributed by atoms with E-state index in [9.17, 15) is 14.9 Å². The quantitative estimate of drug-likeness (QED) is 0.0294. The summed E-state index contributed by atoms with van der Waals surface area (Å²) in [6.07, 6.45) is -3.58. The Labute approximate surface area is 459 Å². The lowest BCUT2D eigenvalue weighted by Gasteiger charge is -2.39. The van der Waals surface area contributed by atoms with E-state index in [-0.39, 0.29) is 44.1 Å². The summed E-state index contributed by atoms with van der Waals surface area (Å²) >= 11 is 0. The predicted octanol–water partition coefficient (Wildman–Crippen LogP) is 12.4. The fourth-order valence-corrected chi connectivity index (χ4v) is 13.2. The van der Waals surface area contributed by atoms with Crippen molar-refractivity contribution in [3.05, 3.63) is 214 Å². The zero-order valence-electron chi connectivity index (χ0n) is 44.9. The average Bonchev–Trinajstić information content (AvgIpc) is 3.88. The number of carbonyl (C=O) groups is 1. The van der Waals surface area contributed by atoms with Crippen molar-refractivity contribution in [1.82, 2.24) is 14.2 Å². The number of anilines is 1. The maximum Gasteiger partial charge on any atom is 0.409 e. The Morgan fingerprint density at radius 3 is 1.91 bits per heavy atom. The summed E-state index contributed by atoms with van der Waals surface area (Å²) in [4.78, 5) is 32.3. The number of benzene rings is 8. The van der Waals surface area contributed by atoms with Crippen molar-refractivity contribution in [1.29, 1.82) is 5.26 Å². The van der Waals surface area contributed by atoms with Crippen LogP contribution in [-0.2, 0) is 40.0 Å². The van der Waals surface area contributed by atoms with Gasteiger partial charge in [0.1, 0.15) is 41.2 Å². The summed E-state index contributed by atoms with van der Waals surface area (Å²) in [6, 6.07) is 55.2. The molecule has 10 rings (SSSR count). The number of rotatable bonds is 22. The molecular formula is C63H62N5O10P. The van der Waals surface area contributed by atoms with Crippen LogP contribution in [0.5, 0.6) is 11.5 Å². The van der Waals surface area contributed by atoms with Crippen LogP contribution in [0.25, 0.3) is 32.3 Å². The zero-order chi connectivity index (χ0) is 55.3. The summed E-state index contributed by atoms with van der Waals surface area (Å²) < 4.78 is 65.3. The maximum absolute atomic E-state index is 16.0. The highest BCUT2D eigenvalue weighted by atomic mass is 31.2. The third kappa shape index (κ3) is 11.0. The molecule has 0 saturated carbocycles. The molecule has 1 saturated heterocycles. The molecule has 0 aliphatic carbocycles. The minimum Gasteiger partial charge on any atom is -0.497 e. The Kier molecular flexibility index (Phi) is 16.4. The SMILES string of the molecule is COc1ccc(C(OC[C@H]2O[C@@H](n3ccc(NC(=O)c4ccccc4)nc3=O)[C@H](OCc3ccc4ccc5cccc6ccc3c4c56)[C@@H]2OP(=O)(OCCC#N)N(C(C)C)C(C)C)(c2ccccc2)c2ccc(OC)cc2)cc1. The largest absolute Gasteiger partial charge is 0.497 e. The molecule has 9 aromatic rings. The van der Waals surface area contributed by atoms with E-state index >= 15 is 4.57 Å². The second-order valence-corrected chi connectivity index (χ2v) is 21.8. The van der Waals surface area contributed by atoms with E-state index in [1.54, 1.807) is 49.2 Å². The highest BCUT2D eigenvalue weighted by Gasteiger charge is 2.54. The summed E-state index contributed by atoms with van der Waals surface area (Å²) in [5.41, 5.74) is 1.34. The number of nitrogens with zero attached hydrogens (tertiary/aromatic N) is 4. The molecule has 8 aromatic carbocycles. The molecule has 404 valence electrons. The van der Waals surface area contributed by atoms with E-state index in [1.807, 2.05) is 119 Å². The van der Waals surface area contributed by atoms with E-state index in [1.165, 1.54) is 16.8 Å². The molecule has 2 heterocycles. The molecule has 16 heteroatoms. The van der Waals surface area contributed by atoms with Gasteiger partial charge in [0.2, 0.25) is 0 Å². The number of aromatic nitrogens is 2. The summed E-state index contributed by atoms with van der Waals surface area (Å²) in [5.74, 6) is 0.832. The number of nitriles is 1. The fourth-order valence-electron chi connectivity index (χ4n) is 10.9. The van der Waals surface area contributed by atoms with Crippen molar-refractivity contribution in [2.45, 2.75) is 82.9 Å². The molecule has 1 N–H and O–H groups in total. The zero-order valence-corrected chi connectivity index (χ0v) is 45.7. The highest BCUT2D eigenvalue weighted by molar-refractivity contribution is 7.51. The highest BCUT2D eigenvalue weighted by Crippen LogP contribution is 2.58. The molecular weight excluding hydrogens is 1020 g/mol. The van der Waals surface area contributed by atoms with Crippen molar-refractivity contribution in [2.75, 3.05) is 32.8 Å². The summed E-state index contributed by atoms with van der Waals surface area (Å²) in [7, 11) is -1.21. The van der Waals surface area contributed by atoms with Gasteiger partial charge >= 0.3 is 13.4 Å². The number of carbonyl (C=O) groups excluding carboxylic acids is 1. The van der Waals surface area contributed by atoms with E-state index in [4.69, 9.17) is 32.7 Å². The van der Waals surface area contributed by atoms with Crippen LogP contribution in [0.15, 0.2) is 181 Å². The van der Waals surface area contributed by atoms with Crippen molar-refractivity contribution < 1.29 is 42.1 Å². The summed E-state index contributed by atoms with van der Waals surface area (Å²) in [5, 5.41) is 18.9. The monoisotopic (exact) mass is 1080 g/mol. The van der Waals surface area contributed by atoms with Crippen LogP contribution in [0.4, 0.5) is 5.82 Å². The van der Waals surface area contributed by atoms with Crippen molar-refractivity contribution >= 4 is 51.8 Å². The number of ether oxygens (including phenoxy) is 5. The van der Waals surface area contributed by atoms with Gasteiger partial charge in [-0.3, -0.25) is 18.4 Å². The lowest BCUT2D eigenvalue weighted by molar-refractivity contribution is -0.0989. The van der Waals surface area contributed by atoms with Crippen LogP contribution < -0.4 is 20.5 Å². The number of nitrogens with one attached hydrogen (secondary N) is 1. The lowest BCUT2D eigenvalue weighted by atomic mass is 9.80. The molecule has 0 radical (unpaired) electrons. The van der Waals surface area contributed by atoms with Crippen molar-refractivity contribution in [3.63, 3.8) is 0 Å². The van der Waals surface area contributed by atoms with E-state index < -0.39 is 49.5 Å². The molecule has 1 amide bonds. The Hall–Kier alpha value is -7.77. The molecule has 1 fully saturated rings. The molecule has 79 heavy (non-hydrogen) atoms. The second kappa shape index (κ2) is 23.7. The van der Waals surface area contributed by atoms with Gasteiger partial charge in [-0.25, -0.2) is 14.0 Å². The van der Waals surface area contributed by atoms with Gasteiger partial charge in [-0.05, 0) is 125 Å². The Bertz CT molecular complexity index is 3630. The van der Waals surface area contributed by atoms with Crippen LogP contribution >= 0.6 is 7.75 Å². The molecule has 15 nitrogen and oxygen atoms in total. The first-order valence-corrected chi connectivity index (χ1v) is 27.8. The molecule has 0 bridgehead atoms. The van der Waals surface area contributed by atoms with Gasteiger partial charge in [0.25, 0.3) is 5.91 Å². The lowest BCUT2D eigenvalue weighted by Crippen LogP contribution is -2.44. The standard InChI is InChI=1S/C63H62N5O10P/c1-41(2)68(42(3)4)79(71,76-38-14-36-64)78-58-54(40-75-63(48-19-11-8-12-20-48,49-26-30-51(72-5)31-27-49)50-28-32-52(73-6)33-29-50)77-61(67-37-35-55(66-62(67)70)65-60(69)46-15-9-7-10-16-46)59(58)74-39-47-24-23-45-22-21-43-17-13-18-44-25-34-53(47)57(45)56(43)44/h7-13,15-35,37,41-42,54,58-59,61H,14,38-40H2,1-6H3,(H,65,66,69,70)/t54-,58-,59-,61-,79?/m1/s1. The third-order valence-electron chi connectivity index (χ3n) is 14.4. The van der Waals surface area contributed by atoms with Gasteiger partial charge in [-0.1, -0.05) is 127 Å². The average molecular weight is 1080 g/mol. The van der Waals surface area contributed by atoms with E-state index in [0.717, 1.165) is 54.6 Å². The minimum atomic E-state index is -4.42. The van der Waals surface area contributed by atoms with Gasteiger partial charge in [0.15, 0.2) is 6.23 Å². The second-order valence-electron chi connectivity index (χ2n) is 19.9. The first kappa shape index (κ1) is 54.6. The number of methoxy groups -OCH3 is 2. The van der Waals surface area contributed by atoms with Gasteiger partial charge in [-0.2, -0.15) is 10.2 Å². The fraction of sp³-hybridized carbons (Fsp3) is 0.270.